The summed E-state index contributed by atoms with van der Waals surface area (Å²) in [5.74, 6) is 0.848. The number of carbonyl (C=O) groups excluding carboxylic acids is 1. The fraction of sp³-hybridized carbons (Fsp3) is 0.280. The quantitative estimate of drug-likeness (QED) is 0.213. The second-order valence-electron chi connectivity index (χ2n) is 7.82. The second-order valence-corrected chi connectivity index (χ2v) is 7.82. The maximum absolute atomic E-state index is 12.1. The number of hydrogen-bond donors (Lipinski definition) is 3. The largest absolute Gasteiger partial charge is 0.459 e. The zero-order chi connectivity index (χ0) is 21.5. The summed E-state index contributed by atoms with van der Waals surface area (Å²) in [6, 6.07) is 21.7. The highest BCUT2D eigenvalue weighted by Crippen LogP contribution is 2.47. The van der Waals surface area contributed by atoms with E-state index in [0.717, 1.165) is 30.3 Å². The van der Waals surface area contributed by atoms with Crippen LogP contribution >= 0.6 is 24.0 Å². The van der Waals surface area contributed by atoms with E-state index in [1.54, 1.807) is 12.1 Å². The van der Waals surface area contributed by atoms with Gasteiger partial charge >= 0.3 is 0 Å². The molecule has 1 heterocycles. The molecule has 0 saturated heterocycles. The third-order valence-corrected chi connectivity index (χ3v) is 5.55. The van der Waals surface area contributed by atoms with Crippen molar-refractivity contribution in [1.82, 2.24) is 10.6 Å². The van der Waals surface area contributed by atoms with E-state index in [1.165, 1.54) is 24.7 Å². The van der Waals surface area contributed by atoms with Gasteiger partial charge in [-0.15, -0.1) is 24.0 Å². The van der Waals surface area contributed by atoms with Crippen LogP contribution in [0.1, 0.15) is 41.4 Å². The number of nitrogens with zero attached hydrogens (tertiary/aromatic N) is 1. The van der Waals surface area contributed by atoms with E-state index >= 15 is 0 Å². The van der Waals surface area contributed by atoms with Crippen molar-refractivity contribution in [2.24, 2.45) is 4.99 Å². The molecule has 1 aromatic heterocycles. The Bertz CT molecular complexity index is 1010. The zero-order valence-corrected chi connectivity index (χ0v) is 20.5. The summed E-state index contributed by atoms with van der Waals surface area (Å²) in [5.41, 5.74) is 3.41. The average Bonchev–Trinajstić information content (AvgIpc) is 3.39. The van der Waals surface area contributed by atoms with Crippen LogP contribution in [0.3, 0.4) is 0 Å². The minimum absolute atomic E-state index is 0. The topological polar surface area (TPSA) is 78.7 Å². The second kappa shape index (κ2) is 11.2. The lowest BCUT2D eigenvalue weighted by Gasteiger charge is -2.19. The number of rotatable bonds is 8. The highest BCUT2D eigenvalue weighted by atomic mass is 127. The smallest absolute Gasteiger partial charge is 0.291 e. The Morgan fingerprint density at radius 3 is 2.38 bits per heavy atom. The molecule has 0 spiro atoms. The van der Waals surface area contributed by atoms with Crippen molar-refractivity contribution in [2.45, 2.75) is 31.7 Å². The molecule has 0 atom stereocenters. The fourth-order valence-corrected chi connectivity index (χ4v) is 3.57. The molecule has 0 unspecified atom stereocenters. The van der Waals surface area contributed by atoms with Crippen LogP contribution in [-0.2, 0) is 12.0 Å². The van der Waals surface area contributed by atoms with Crippen molar-refractivity contribution in [2.75, 3.05) is 18.4 Å². The molecular formula is C25H29IN4O2. The van der Waals surface area contributed by atoms with Gasteiger partial charge in [-0.05, 0) is 55.2 Å². The number of furan rings is 1. The van der Waals surface area contributed by atoms with Crippen molar-refractivity contribution in [3.8, 4) is 0 Å². The standard InChI is InChI=1S/C25H28N4O2.HI/c1-2-26-24(28-18-25(14-15-25)20-7-4-3-5-8-20)27-17-19-10-12-21(13-11-19)29-23(30)22-9-6-16-31-22;/h3-13,16H,2,14-15,17-18H2,1H3,(H,29,30)(H2,26,27,28);1H. The summed E-state index contributed by atoms with van der Waals surface area (Å²) in [6.07, 6.45) is 3.89. The van der Waals surface area contributed by atoms with Crippen molar-refractivity contribution in [3.63, 3.8) is 0 Å². The monoisotopic (exact) mass is 544 g/mol. The molecular weight excluding hydrogens is 515 g/mol. The molecule has 168 valence electrons. The van der Waals surface area contributed by atoms with Gasteiger partial charge in [0.15, 0.2) is 11.7 Å². The number of carbonyl (C=O) groups is 1. The molecule has 0 radical (unpaired) electrons. The van der Waals surface area contributed by atoms with E-state index in [9.17, 15) is 4.79 Å². The van der Waals surface area contributed by atoms with Gasteiger partial charge in [-0.3, -0.25) is 4.79 Å². The van der Waals surface area contributed by atoms with Gasteiger partial charge < -0.3 is 20.4 Å². The maximum Gasteiger partial charge on any atom is 0.291 e. The number of benzene rings is 2. The number of aliphatic imine (C=N–C) groups is 1. The molecule has 7 heteroatoms. The van der Waals surface area contributed by atoms with Crippen molar-refractivity contribution < 1.29 is 9.21 Å². The normalized spacial score (nSPS) is 14.2. The molecule has 1 aliphatic carbocycles. The van der Waals surface area contributed by atoms with Crippen LogP contribution in [0.15, 0.2) is 82.4 Å². The number of halogens is 1. The molecule has 3 N–H and O–H groups in total. The van der Waals surface area contributed by atoms with Crippen LogP contribution in [-0.4, -0.2) is 25.0 Å². The van der Waals surface area contributed by atoms with Gasteiger partial charge in [0.05, 0.1) is 12.8 Å². The van der Waals surface area contributed by atoms with Crippen molar-refractivity contribution >= 4 is 41.5 Å². The van der Waals surface area contributed by atoms with E-state index in [4.69, 9.17) is 9.41 Å². The van der Waals surface area contributed by atoms with Gasteiger partial charge in [0, 0.05) is 24.2 Å². The molecule has 4 rings (SSSR count). The Hall–Kier alpha value is -2.81. The minimum Gasteiger partial charge on any atom is -0.459 e. The first-order valence-corrected chi connectivity index (χ1v) is 10.7. The summed E-state index contributed by atoms with van der Waals surface area (Å²) >= 11 is 0. The lowest BCUT2D eigenvalue weighted by molar-refractivity contribution is 0.0996. The summed E-state index contributed by atoms with van der Waals surface area (Å²) in [7, 11) is 0. The molecule has 6 nitrogen and oxygen atoms in total. The van der Waals surface area contributed by atoms with Crippen molar-refractivity contribution in [1.29, 1.82) is 0 Å². The Labute approximate surface area is 205 Å². The first kappa shape index (κ1) is 23.8. The number of amides is 1. The van der Waals surface area contributed by atoms with Crippen LogP contribution < -0.4 is 16.0 Å². The Balaban J connectivity index is 0.00000289. The molecule has 1 aliphatic rings. The highest BCUT2D eigenvalue weighted by Gasteiger charge is 2.43. The van der Waals surface area contributed by atoms with Crippen molar-refractivity contribution in [3.05, 3.63) is 89.9 Å². The fourth-order valence-electron chi connectivity index (χ4n) is 3.57. The number of guanidine groups is 1. The SMILES string of the molecule is CCNC(=NCc1ccc(NC(=O)c2ccco2)cc1)NCC1(c2ccccc2)CC1.I. The van der Waals surface area contributed by atoms with Gasteiger partial charge in [0.2, 0.25) is 0 Å². The predicted octanol–water partition coefficient (Wildman–Crippen LogP) is 4.94. The zero-order valence-electron chi connectivity index (χ0n) is 18.1. The molecule has 32 heavy (non-hydrogen) atoms. The summed E-state index contributed by atoms with van der Waals surface area (Å²) in [4.78, 5) is 16.8. The lowest BCUT2D eigenvalue weighted by Crippen LogP contribution is -2.41. The summed E-state index contributed by atoms with van der Waals surface area (Å²) in [6.45, 7) is 4.31. The first-order valence-electron chi connectivity index (χ1n) is 10.7. The van der Waals surface area contributed by atoms with E-state index < -0.39 is 0 Å². The molecule has 1 saturated carbocycles. The first-order chi connectivity index (χ1) is 15.2. The Kier molecular flexibility index (Phi) is 8.33. The number of nitrogens with one attached hydrogen (secondary N) is 3. The third kappa shape index (κ3) is 6.12. The predicted molar refractivity (Wildman–Crippen MR) is 139 cm³/mol. The van der Waals surface area contributed by atoms with E-state index in [2.05, 4.69) is 53.2 Å². The minimum atomic E-state index is -0.262. The van der Waals surface area contributed by atoms with Crippen LogP contribution in [0.4, 0.5) is 5.69 Å². The molecule has 1 amide bonds. The molecule has 3 aromatic rings. The van der Waals surface area contributed by atoms with Crippen LogP contribution in [0, 0.1) is 0 Å². The van der Waals surface area contributed by atoms with Gasteiger partial charge in [-0.2, -0.15) is 0 Å². The van der Waals surface area contributed by atoms with E-state index in [0.29, 0.717) is 12.3 Å². The molecule has 0 aliphatic heterocycles. The van der Waals surface area contributed by atoms with Crippen LogP contribution in [0.25, 0.3) is 0 Å². The van der Waals surface area contributed by atoms with Crippen LogP contribution in [0.2, 0.25) is 0 Å². The molecule has 0 bridgehead atoms. The molecule has 1 fully saturated rings. The molecule has 2 aromatic carbocycles. The Morgan fingerprint density at radius 1 is 1.00 bits per heavy atom. The maximum atomic E-state index is 12.1. The highest BCUT2D eigenvalue weighted by molar-refractivity contribution is 14.0. The summed E-state index contributed by atoms with van der Waals surface area (Å²) < 4.78 is 5.11. The lowest BCUT2D eigenvalue weighted by atomic mass is 9.96. The van der Waals surface area contributed by atoms with Gasteiger partial charge in [-0.1, -0.05) is 42.5 Å². The van der Waals surface area contributed by atoms with Gasteiger partial charge in [0.25, 0.3) is 5.91 Å². The van der Waals surface area contributed by atoms with Gasteiger partial charge in [0.1, 0.15) is 0 Å². The van der Waals surface area contributed by atoms with Crippen LogP contribution in [0.5, 0.6) is 0 Å². The average molecular weight is 544 g/mol. The van der Waals surface area contributed by atoms with E-state index in [1.807, 2.05) is 24.3 Å². The summed E-state index contributed by atoms with van der Waals surface area (Å²) in [5, 5.41) is 9.67. The number of hydrogen-bond acceptors (Lipinski definition) is 3. The van der Waals surface area contributed by atoms with Gasteiger partial charge in [-0.25, -0.2) is 4.99 Å². The number of anilines is 1. The Morgan fingerprint density at radius 2 is 1.75 bits per heavy atom. The van der Waals surface area contributed by atoms with E-state index in [-0.39, 0.29) is 35.3 Å². The third-order valence-electron chi connectivity index (χ3n) is 5.55.